The van der Waals surface area contributed by atoms with Gasteiger partial charge in [0.1, 0.15) is 5.78 Å². The van der Waals surface area contributed by atoms with Gasteiger partial charge in [-0.25, -0.2) is 0 Å². The van der Waals surface area contributed by atoms with Gasteiger partial charge in [-0.2, -0.15) is 0 Å². The third kappa shape index (κ3) is 3.25. The second-order valence-electron chi connectivity index (χ2n) is 3.17. The Balaban J connectivity index is 3.74. The molecule has 0 fully saturated rings. The summed E-state index contributed by atoms with van der Waals surface area (Å²) in [7, 11) is 0. The molecular formula is C7H14NO. The number of nitrogens with one attached hydrogen (secondary N) is 1. The highest BCUT2D eigenvalue weighted by molar-refractivity contribution is 5.83. The summed E-state index contributed by atoms with van der Waals surface area (Å²) in [6, 6.07) is 0. The molecule has 0 aromatic carbocycles. The Labute approximate surface area is 56.4 Å². The van der Waals surface area contributed by atoms with Crippen molar-refractivity contribution in [2.24, 2.45) is 5.41 Å². The fourth-order valence-corrected chi connectivity index (χ4v) is 0.489. The van der Waals surface area contributed by atoms with Gasteiger partial charge in [0, 0.05) is 18.4 Å². The van der Waals surface area contributed by atoms with Crippen molar-refractivity contribution in [3.63, 3.8) is 0 Å². The minimum atomic E-state index is -0.249. The molecular weight excluding hydrogens is 114 g/mol. The van der Waals surface area contributed by atoms with E-state index in [-0.39, 0.29) is 17.7 Å². The lowest BCUT2D eigenvalue weighted by atomic mass is 9.89. The average molecular weight is 128 g/mol. The van der Waals surface area contributed by atoms with E-state index in [1.165, 1.54) is 0 Å². The highest BCUT2D eigenvalue weighted by atomic mass is 16.1. The van der Waals surface area contributed by atoms with E-state index >= 15 is 0 Å². The first-order chi connectivity index (χ1) is 3.98. The molecule has 0 aliphatic heterocycles. The lowest BCUT2D eigenvalue weighted by Crippen LogP contribution is -2.20. The Bertz CT molecular complexity index is 102. The molecule has 1 radical (unpaired) electrons. The topological polar surface area (TPSA) is 40.9 Å². The Hall–Kier alpha value is -0.370. The number of rotatable bonds is 2. The summed E-state index contributed by atoms with van der Waals surface area (Å²) >= 11 is 0. The van der Waals surface area contributed by atoms with Crippen LogP contribution in [0.1, 0.15) is 27.2 Å². The molecule has 0 rings (SSSR count). The molecule has 1 N–H and O–H groups in total. The number of carbonyl (C=O) groups is 1. The first kappa shape index (κ1) is 8.63. The Morgan fingerprint density at radius 2 is 1.89 bits per heavy atom. The van der Waals surface area contributed by atoms with Crippen molar-refractivity contribution in [3.05, 3.63) is 0 Å². The normalized spacial score (nSPS) is 11.6. The molecule has 9 heavy (non-hydrogen) atoms. The van der Waals surface area contributed by atoms with E-state index in [0.717, 1.165) is 0 Å². The van der Waals surface area contributed by atoms with Crippen molar-refractivity contribution in [1.29, 1.82) is 0 Å². The zero-order chi connectivity index (χ0) is 7.49. The predicted octanol–water partition coefficient (Wildman–Crippen LogP) is 1.27. The molecule has 0 spiro atoms. The molecule has 53 valence electrons. The van der Waals surface area contributed by atoms with Crippen LogP contribution in [0, 0.1) is 5.41 Å². The standard InChI is InChI=1S/C7H14NO/c1-7(2,3)6(9)4-5-8/h8H,4-5H2,1-3H3. The minimum Gasteiger partial charge on any atom is -0.299 e. The van der Waals surface area contributed by atoms with E-state index in [9.17, 15) is 4.79 Å². The second kappa shape index (κ2) is 2.97. The Kier molecular flexibility index (Phi) is 2.85. The van der Waals surface area contributed by atoms with Gasteiger partial charge in [0.15, 0.2) is 0 Å². The van der Waals surface area contributed by atoms with Crippen LogP contribution in [-0.4, -0.2) is 12.3 Å². The predicted molar refractivity (Wildman–Crippen MR) is 37.0 cm³/mol. The van der Waals surface area contributed by atoms with Crippen LogP contribution < -0.4 is 5.73 Å². The fraction of sp³-hybridized carbons (Fsp3) is 0.857. The van der Waals surface area contributed by atoms with Crippen LogP contribution in [0.3, 0.4) is 0 Å². The van der Waals surface area contributed by atoms with Crippen molar-refractivity contribution in [1.82, 2.24) is 5.73 Å². The van der Waals surface area contributed by atoms with E-state index in [1.54, 1.807) is 0 Å². The van der Waals surface area contributed by atoms with Gasteiger partial charge in [0.2, 0.25) is 0 Å². The van der Waals surface area contributed by atoms with Gasteiger partial charge in [-0.1, -0.05) is 20.8 Å². The van der Waals surface area contributed by atoms with E-state index < -0.39 is 0 Å². The lowest BCUT2D eigenvalue weighted by Gasteiger charge is -2.14. The maximum Gasteiger partial charge on any atom is 0.139 e. The van der Waals surface area contributed by atoms with Gasteiger partial charge in [0.05, 0.1) is 0 Å². The van der Waals surface area contributed by atoms with Gasteiger partial charge in [-0.15, -0.1) is 0 Å². The van der Waals surface area contributed by atoms with Gasteiger partial charge >= 0.3 is 0 Å². The molecule has 0 aromatic heterocycles. The first-order valence-corrected chi connectivity index (χ1v) is 3.16. The quantitative estimate of drug-likeness (QED) is 0.552. The Morgan fingerprint density at radius 3 is 2.00 bits per heavy atom. The molecule has 0 saturated carbocycles. The average Bonchev–Trinajstić information content (AvgIpc) is 1.64. The monoisotopic (exact) mass is 128 g/mol. The first-order valence-electron chi connectivity index (χ1n) is 3.16. The maximum atomic E-state index is 10.9. The fourth-order valence-electron chi connectivity index (χ4n) is 0.489. The van der Waals surface area contributed by atoms with E-state index in [1.807, 2.05) is 20.8 Å². The van der Waals surface area contributed by atoms with Gasteiger partial charge in [-0.3, -0.25) is 10.5 Å². The summed E-state index contributed by atoms with van der Waals surface area (Å²) in [6.07, 6.45) is 0.392. The summed E-state index contributed by atoms with van der Waals surface area (Å²) in [6.45, 7) is 5.86. The summed E-state index contributed by atoms with van der Waals surface area (Å²) in [5.41, 5.74) is 6.54. The summed E-state index contributed by atoms with van der Waals surface area (Å²) in [5, 5.41) is 0. The van der Waals surface area contributed by atoms with E-state index in [2.05, 4.69) is 0 Å². The van der Waals surface area contributed by atoms with Crippen LogP contribution in [0.15, 0.2) is 0 Å². The molecule has 0 saturated heterocycles. The maximum absolute atomic E-state index is 10.9. The van der Waals surface area contributed by atoms with Crippen LogP contribution in [-0.2, 0) is 4.79 Å². The molecule has 0 unspecified atom stereocenters. The van der Waals surface area contributed by atoms with Crippen LogP contribution in [0.25, 0.3) is 0 Å². The van der Waals surface area contributed by atoms with Crippen LogP contribution in [0.2, 0.25) is 0 Å². The van der Waals surface area contributed by atoms with Gasteiger partial charge in [-0.05, 0) is 0 Å². The third-order valence-corrected chi connectivity index (χ3v) is 1.19. The highest BCUT2D eigenvalue weighted by Gasteiger charge is 2.19. The molecule has 0 atom stereocenters. The molecule has 0 bridgehead atoms. The third-order valence-electron chi connectivity index (χ3n) is 1.19. The molecule has 0 aliphatic rings. The van der Waals surface area contributed by atoms with Crippen molar-refractivity contribution >= 4 is 5.78 Å². The lowest BCUT2D eigenvalue weighted by molar-refractivity contribution is -0.126. The smallest absolute Gasteiger partial charge is 0.139 e. The van der Waals surface area contributed by atoms with Crippen molar-refractivity contribution < 1.29 is 4.79 Å². The number of hydrogen-bond donors (Lipinski definition) is 0. The SMILES string of the molecule is CC(C)(C)C(=O)CC[NH]. The molecule has 2 nitrogen and oxygen atoms in total. The summed E-state index contributed by atoms with van der Waals surface area (Å²) < 4.78 is 0. The van der Waals surface area contributed by atoms with Crippen molar-refractivity contribution in [3.8, 4) is 0 Å². The molecule has 0 aromatic rings. The van der Waals surface area contributed by atoms with Gasteiger partial charge < -0.3 is 0 Å². The highest BCUT2D eigenvalue weighted by Crippen LogP contribution is 2.15. The number of carbonyl (C=O) groups excluding carboxylic acids is 1. The van der Waals surface area contributed by atoms with E-state index in [0.29, 0.717) is 6.42 Å². The molecule has 0 amide bonds. The second-order valence-corrected chi connectivity index (χ2v) is 3.17. The number of ketones is 1. The van der Waals surface area contributed by atoms with Crippen molar-refractivity contribution in [2.45, 2.75) is 27.2 Å². The largest absolute Gasteiger partial charge is 0.299 e. The zero-order valence-electron chi connectivity index (χ0n) is 6.32. The van der Waals surface area contributed by atoms with Gasteiger partial charge in [0.25, 0.3) is 0 Å². The Morgan fingerprint density at radius 1 is 1.44 bits per heavy atom. The van der Waals surface area contributed by atoms with E-state index in [4.69, 9.17) is 5.73 Å². The molecule has 2 heteroatoms. The molecule has 0 aliphatic carbocycles. The van der Waals surface area contributed by atoms with Crippen LogP contribution in [0.4, 0.5) is 0 Å². The number of hydrogen-bond acceptors (Lipinski definition) is 1. The summed E-state index contributed by atoms with van der Waals surface area (Å²) in [4.78, 5) is 10.9. The number of Topliss-reactive ketones (excluding diaryl/α,β-unsaturated/α-hetero) is 1. The zero-order valence-corrected chi connectivity index (χ0v) is 6.32. The van der Waals surface area contributed by atoms with Crippen LogP contribution >= 0.6 is 0 Å². The molecule has 0 heterocycles. The van der Waals surface area contributed by atoms with Crippen LogP contribution in [0.5, 0.6) is 0 Å². The minimum absolute atomic E-state index is 0.178. The van der Waals surface area contributed by atoms with Crippen molar-refractivity contribution in [2.75, 3.05) is 6.54 Å². The summed E-state index contributed by atoms with van der Waals surface area (Å²) in [5.74, 6) is 0.178.